The lowest BCUT2D eigenvalue weighted by Gasteiger charge is -2.29. The van der Waals surface area contributed by atoms with Crippen LogP contribution in [0.5, 0.6) is 0 Å². The van der Waals surface area contributed by atoms with Gasteiger partial charge in [-0.2, -0.15) is 0 Å². The Hall–Kier alpha value is -2.63. The minimum Gasteiger partial charge on any atom is -0.233 e. The molecular weight excluding hydrogens is 332 g/mol. The zero-order chi connectivity index (χ0) is 18.0. The summed E-state index contributed by atoms with van der Waals surface area (Å²) in [6.45, 7) is 3.82. The number of alkyl halides is 1. The van der Waals surface area contributed by atoms with Crippen molar-refractivity contribution in [2.45, 2.75) is 19.2 Å². The maximum atomic E-state index is 11.7. The lowest BCUT2D eigenvalue weighted by atomic mass is 9.74. The zero-order valence-corrected chi connectivity index (χ0v) is 14.8. The number of halogens is 1. The number of carbonyl (C=O) groups excluding carboxylic acids is 2. The Kier molecular flexibility index (Phi) is 4.88. The van der Waals surface area contributed by atoms with Crippen molar-refractivity contribution < 1.29 is 9.59 Å². The van der Waals surface area contributed by atoms with E-state index in [1.165, 1.54) is 0 Å². The second-order valence-corrected chi connectivity index (χ2v) is 6.69. The number of allylic oxidation sites excluding steroid dienone is 10. The Morgan fingerprint density at radius 2 is 1.64 bits per heavy atom. The largest absolute Gasteiger partial charge is 0.233 e. The molecule has 2 unspecified atom stereocenters. The second kappa shape index (κ2) is 7.09. The molecule has 0 aliphatic heterocycles. The monoisotopic (exact) mass is 348 g/mol. The number of aryl methyl sites for hydroxylation is 1. The summed E-state index contributed by atoms with van der Waals surface area (Å²) >= 11 is 6.44. The minimum absolute atomic E-state index is 0.358. The number of hydrogen-bond acceptors (Lipinski definition) is 2. The molecule has 2 nitrogen and oxygen atoms in total. The quantitative estimate of drug-likeness (QED) is 0.579. The molecular formula is C22H17ClO2. The average Bonchev–Trinajstić information content (AvgIpc) is 3.14. The zero-order valence-electron chi connectivity index (χ0n) is 14.0. The average molecular weight is 349 g/mol. The van der Waals surface area contributed by atoms with Crippen molar-refractivity contribution in [2.24, 2.45) is 5.92 Å². The van der Waals surface area contributed by atoms with Crippen LogP contribution < -0.4 is 0 Å². The van der Waals surface area contributed by atoms with Crippen LogP contribution in [0.1, 0.15) is 18.1 Å². The van der Waals surface area contributed by atoms with Crippen LogP contribution in [0.15, 0.2) is 76.9 Å². The predicted octanol–water partition coefficient (Wildman–Crippen LogP) is 4.57. The predicted molar refractivity (Wildman–Crippen MR) is 102 cm³/mol. The molecule has 0 radical (unpaired) electrons. The molecule has 0 bridgehead atoms. The molecule has 0 saturated heterocycles. The van der Waals surface area contributed by atoms with E-state index in [4.69, 9.17) is 11.6 Å². The third kappa shape index (κ3) is 3.16. The number of hydrogen-bond donors (Lipinski definition) is 0. The molecule has 2 aliphatic carbocycles. The summed E-state index contributed by atoms with van der Waals surface area (Å²) in [5.74, 6) is 3.45. The second-order valence-electron chi connectivity index (χ2n) is 6.25. The van der Waals surface area contributed by atoms with Crippen LogP contribution in [0.2, 0.25) is 0 Å². The van der Waals surface area contributed by atoms with Gasteiger partial charge >= 0.3 is 0 Å². The maximum absolute atomic E-state index is 11.7. The maximum Gasteiger partial charge on any atom is 0.128 e. The highest BCUT2D eigenvalue weighted by Gasteiger charge is 2.35. The first kappa shape index (κ1) is 17.2. The first-order valence-electron chi connectivity index (χ1n) is 8.05. The van der Waals surface area contributed by atoms with Crippen LogP contribution in [0, 0.1) is 12.8 Å². The van der Waals surface area contributed by atoms with E-state index in [2.05, 4.69) is 0 Å². The smallest absolute Gasteiger partial charge is 0.128 e. The van der Waals surface area contributed by atoms with Crippen LogP contribution in [-0.4, -0.2) is 17.3 Å². The van der Waals surface area contributed by atoms with E-state index in [1.807, 2.05) is 67.4 Å². The van der Waals surface area contributed by atoms with Crippen LogP contribution in [0.3, 0.4) is 0 Å². The lowest BCUT2D eigenvalue weighted by Crippen LogP contribution is -2.24. The molecule has 0 spiro atoms. The van der Waals surface area contributed by atoms with Crippen LogP contribution in [-0.2, 0) is 9.59 Å². The SMILES string of the molecule is CC1=CC(=C=O)C(C(=C2C=CC=C2)c2ccc(C)cc2)C(=C=O)C1Cl. The molecule has 124 valence electrons. The van der Waals surface area contributed by atoms with E-state index in [0.29, 0.717) is 11.1 Å². The van der Waals surface area contributed by atoms with Crippen LogP contribution in [0.4, 0.5) is 0 Å². The molecule has 1 aromatic carbocycles. The van der Waals surface area contributed by atoms with Gasteiger partial charge in [-0.3, -0.25) is 0 Å². The fraction of sp³-hybridized carbons (Fsp3) is 0.182. The van der Waals surface area contributed by atoms with E-state index in [-0.39, 0.29) is 0 Å². The molecule has 0 aromatic heterocycles. The number of rotatable bonds is 2. The van der Waals surface area contributed by atoms with Crippen LogP contribution >= 0.6 is 11.6 Å². The molecule has 25 heavy (non-hydrogen) atoms. The summed E-state index contributed by atoms with van der Waals surface area (Å²) in [5.41, 5.74) is 5.42. The molecule has 2 aliphatic rings. The summed E-state index contributed by atoms with van der Waals surface area (Å²) < 4.78 is 0. The van der Waals surface area contributed by atoms with Gasteiger partial charge in [0.15, 0.2) is 0 Å². The van der Waals surface area contributed by atoms with Gasteiger partial charge in [0.25, 0.3) is 0 Å². The first-order valence-corrected chi connectivity index (χ1v) is 8.48. The molecule has 0 saturated carbocycles. The van der Waals surface area contributed by atoms with Crippen molar-refractivity contribution >= 4 is 29.1 Å². The first-order chi connectivity index (χ1) is 12.1. The van der Waals surface area contributed by atoms with Gasteiger partial charge in [-0.1, -0.05) is 54.1 Å². The van der Waals surface area contributed by atoms with Crippen LogP contribution in [0.25, 0.3) is 5.57 Å². The summed E-state index contributed by atoms with van der Waals surface area (Å²) in [6.07, 6.45) is 9.52. The van der Waals surface area contributed by atoms with Gasteiger partial charge in [0.1, 0.15) is 11.9 Å². The third-order valence-electron chi connectivity index (χ3n) is 4.54. The van der Waals surface area contributed by atoms with E-state index >= 15 is 0 Å². The Labute approximate surface area is 152 Å². The van der Waals surface area contributed by atoms with Gasteiger partial charge in [-0.15, -0.1) is 11.6 Å². The molecule has 0 amide bonds. The molecule has 2 atom stereocenters. The number of benzene rings is 1. The molecule has 3 rings (SSSR count). The standard InChI is InChI=1S/C22H17ClO2/c1-14-7-9-17(10-8-14)20(16-5-3-4-6-16)21-18(12-24)11-15(2)22(23)19(21)13-25/h3-11,21-22H,1-2H3. The normalized spacial score (nSPS) is 21.9. The van der Waals surface area contributed by atoms with Gasteiger partial charge in [-0.25, -0.2) is 9.59 Å². The summed E-state index contributed by atoms with van der Waals surface area (Å²) in [7, 11) is 0. The molecule has 0 fully saturated rings. The van der Waals surface area contributed by atoms with Crippen molar-refractivity contribution in [3.8, 4) is 0 Å². The third-order valence-corrected chi connectivity index (χ3v) is 5.12. The van der Waals surface area contributed by atoms with Gasteiger partial charge in [0, 0.05) is 11.1 Å². The summed E-state index contributed by atoms with van der Waals surface area (Å²) in [5, 5.41) is -0.574. The van der Waals surface area contributed by atoms with E-state index in [0.717, 1.165) is 27.8 Å². The summed E-state index contributed by atoms with van der Waals surface area (Å²) in [4.78, 5) is 23.4. The molecule has 0 N–H and O–H groups in total. The highest BCUT2D eigenvalue weighted by molar-refractivity contribution is 6.25. The van der Waals surface area contributed by atoms with Crippen molar-refractivity contribution in [3.63, 3.8) is 0 Å². The van der Waals surface area contributed by atoms with Crippen molar-refractivity contribution in [2.75, 3.05) is 0 Å². The highest BCUT2D eigenvalue weighted by Crippen LogP contribution is 2.44. The fourth-order valence-corrected chi connectivity index (χ4v) is 3.49. The molecule has 3 heteroatoms. The summed E-state index contributed by atoms with van der Waals surface area (Å²) in [6, 6.07) is 8.01. The lowest BCUT2D eigenvalue weighted by molar-refractivity contribution is 0.562. The van der Waals surface area contributed by atoms with Crippen molar-refractivity contribution in [1.82, 2.24) is 0 Å². The highest BCUT2D eigenvalue weighted by atomic mass is 35.5. The Bertz CT molecular complexity index is 915. The van der Waals surface area contributed by atoms with E-state index in [1.54, 1.807) is 13.0 Å². The van der Waals surface area contributed by atoms with Gasteiger partial charge in [-0.05, 0) is 42.2 Å². The van der Waals surface area contributed by atoms with Gasteiger partial charge in [0.05, 0.1) is 11.3 Å². The van der Waals surface area contributed by atoms with Crippen molar-refractivity contribution in [3.05, 3.63) is 88.1 Å². The Balaban J connectivity index is 2.30. The van der Waals surface area contributed by atoms with E-state index in [9.17, 15) is 9.59 Å². The van der Waals surface area contributed by atoms with Crippen molar-refractivity contribution in [1.29, 1.82) is 0 Å². The molecule has 1 aromatic rings. The van der Waals surface area contributed by atoms with Gasteiger partial charge in [0.2, 0.25) is 0 Å². The van der Waals surface area contributed by atoms with E-state index < -0.39 is 11.3 Å². The topological polar surface area (TPSA) is 34.1 Å². The Morgan fingerprint density at radius 3 is 2.20 bits per heavy atom. The molecule has 0 heterocycles. The fourth-order valence-electron chi connectivity index (χ4n) is 3.26. The van der Waals surface area contributed by atoms with Gasteiger partial charge < -0.3 is 0 Å². The Morgan fingerprint density at radius 1 is 1.00 bits per heavy atom. The minimum atomic E-state index is -0.574.